The summed E-state index contributed by atoms with van der Waals surface area (Å²) in [5, 5.41) is 2.89. The number of methoxy groups -OCH3 is 1. The molecule has 0 radical (unpaired) electrons. The maximum Gasteiger partial charge on any atom is 0.387 e. The molecule has 9 heteroatoms. The third-order valence-corrected chi connectivity index (χ3v) is 5.00. The first kappa shape index (κ1) is 21.6. The first-order chi connectivity index (χ1) is 14.5. The molecule has 1 fully saturated rings. The van der Waals surface area contributed by atoms with Crippen molar-refractivity contribution >= 4 is 11.8 Å². The Morgan fingerprint density at radius 3 is 2.83 bits per heavy atom. The summed E-state index contributed by atoms with van der Waals surface area (Å²) in [4.78, 5) is 26.7. The second kappa shape index (κ2) is 10.1. The van der Waals surface area contributed by atoms with E-state index in [1.54, 1.807) is 23.1 Å². The third kappa shape index (κ3) is 5.49. The number of rotatable bonds is 8. The number of piperidine rings is 1. The number of benzene rings is 1. The molecule has 1 aromatic carbocycles. The van der Waals surface area contributed by atoms with E-state index in [0.29, 0.717) is 38.0 Å². The second-order valence-corrected chi connectivity index (χ2v) is 7.01. The molecule has 1 aliphatic heterocycles. The van der Waals surface area contributed by atoms with Crippen molar-refractivity contribution in [2.45, 2.75) is 25.9 Å². The van der Waals surface area contributed by atoms with E-state index in [1.165, 1.54) is 25.7 Å². The van der Waals surface area contributed by atoms with E-state index in [0.717, 1.165) is 12.0 Å². The number of halogens is 2. The summed E-state index contributed by atoms with van der Waals surface area (Å²) >= 11 is 0. The fourth-order valence-electron chi connectivity index (χ4n) is 3.48. The molecule has 1 aromatic heterocycles. The van der Waals surface area contributed by atoms with E-state index in [2.05, 4.69) is 10.1 Å². The molecule has 1 N–H and O–H groups in total. The quantitative estimate of drug-likeness (QED) is 0.707. The van der Waals surface area contributed by atoms with Gasteiger partial charge < -0.3 is 24.1 Å². The Bertz CT molecular complexity index is 857. The average molecular weight is 422 g/mol. The lowest BCUT2D eigenvalue weighted by molar-refractivity contribution is -0.126. The molecule has 2 amide bonds. The number of carbonyl (C=O) groups excluding carboxylic acids is 2. The number of hydrogen-bond donors (Lipinski definition) is 1. The summed E-state index contributed by atoms with van der Waals surface area (Å²) < 4.78 is 39.3. The Kier molecular flexibility index (Phi) is 7.26. The van der Waals surface area contributed by atoms with Crippen LogP contribution in [0.15, 0.2) is 41.2 Å². The van der Waals surface area contributed by atoms with Crippen LogP contribution < -0.4 is 14.8 Å². The minimum atomic E-state index is -2.93. The van der Waals surface area contributed by atoms with Gasteiger partial charge in [-0.25, -0.2) is 0 Å². The van der Waals surface area contributed by atoms with Crippen LogP contribution in [0.5, 0.6) is 11.5 Å². The van der Waals surface area contributed by atoms with E-state index in [-0.39, 0.29) is 29.2 Å². The summed E-state index contributed by atoms with van der Waals surface area (Å²) in [5.41, 5.74) is 1.29. The van der Waals surface area contributed by atoms with Crippen LogP contribution in [0.2, 0.25) is 0 Å². The number of furan rings is 1. The van der Waals surface area contributed by atoms with Gasteiger partial charge in [0.15, 0.2) is 11.5 Å². The highest BCUT2D eigenvalue weighted by molar-refractivity contribution is 5.94. The van der Waals surface area contributed by atoms with Gasteiger partial charge in [0.25, 0.3) is 5.91 Å². The lowest BCUT2D eigenvalue weighted by Gasteiger charge is -2.31. The van der Waals surface area contributed by atoms with Crippen LogP contribution in [0.25, 0.3) is 0 Å². The Balaban J connectivity index is 1.50. The number of hydrogen-bond acceptors (Lipinski definition) is 5. The maximum absolute atomic E-state index is 12.5. The minimum absolute atomic E-state index is 0.0372. The first-order valence-corrected chi connectivity index (χ1v) is 9.69. The topological polar surface area (TPSA) is 81.0 Å². The van der Waals surface area contributed by atoms with Crippen molar-refractivity contribution in [2.24, 2.45) is 5.92 Å². The smallest absolute Gasteiger partial charge is 0.387 e. The molecule has 0 saturated carbocycles. The van der Waals surface area contributed by atoms with Gasteiger partial charge in [0.1, 0.15) is 6.26 Å². The predicted molar refractivity (Wildman–Crippen MR) is 104 cm³/mol. The highest BCUT2D eigenvalue weighted by Crippen LogP contribution is 2.29. The van der Waals surface area contributed by atoms with Crippen LogP contribution in [0.3, 0.4) is 0 Å². The number of ether oxygens (including phenoxy) is 2. The van der Waals surface area contributed by atoms with Gasteiger partial charge in [-0.2, -0.15) is 8.78 Å². The second-order valence-electron chi connectivity index (χ2n) is 7.01. The van der Waals surface area contributed by atoms with Gasteiger partial charge in [-0.3, -0.25) is 9.59 Å². The summed E-state index contributed by atoms with van der Waals surface area (Å²) in [6.45, 7) is -1.58. The highest BCUT2D eigenvalue weighted by atomic mass is 19.3. The zero-order chi connectivity index (χ0) is 21.5. The van der Waals surface area contributed by atoms with E-state index in [1.807, 2.05) is 0 Å². The molecule has 0 aliphatic carbocycles. The highest BCUT2D eigenvalue weighted by Gasteiger charge is 2.29. The van der Waals surface area contributed by atoms with Crippen molar-refractivity contribution in [3.05, 3.63) is 47.9 Å². The van der Waals surface area contributed by atoms with Gasteiger partial charge in [0, 0.05) is 19.6 Å². The third-order valence-electron chi connectivity index (χ3n) is 5.00. The van der Waals surface area contributed by atoms with Crippen LogP contribution in [0, 0.1) is 5.92 Å². The monoisotopic (exact) mass is 422 g/mol. The molecular formula is C21H24F2N2O5. The molecule has 0 bridgehead atoms. The van der Waals surface area contributed by atoms with Crippen LogP contribution in [0.1, 0.15) is 28.8 Å². The lowest BCUT2D eigenvalue weighted by atomic mass is 9.96. The van der Waals surface area contributed by atoms with Crippen molar-refractivity contribution in [3.8, 4) is 11.5 Å². The Labute approximate surface area is 172 Å². The van der Waals surface area contributed by atoms with Gasteiger partial charge in [-0.05, 0) is 43.0 Å². The fraction of sp³-hybridized carbons (Fsp3) is 0.429. The van der Waals surface area contributed by atoms with Crippen LogP contribution in [-0.2, 0) is 11.2 Å². The lowest BCUT2D eigenvalue weighted by Crippen LogP contribution is -2.45. The molecule has 0 spiro atoms. The summed E-state index contributed by atoms with van der Waals surface area (Å²) in [7, 11) is 1.37. The molecule has 1 aliphatic rings. The molecule has 7 nitrogen and oxygen atoms in total. The molecule has 2 heterocycles. The number of carbonyl (C=O) groups is 2. The van der Waals surface area contributed by atoms with Crippen molar-refractivity contribution in [2.75, 3.05) is 26.7 Å². The maximum atomic E-state index is 12.5. The molecule has 3 rings (SSSR count). The number of nitrogens with zero attached hydrogens (tertiary/aromatic N) is 1. The molecular weight excluding hydrogens is 398 g/mol. The standard InChI is InChI=1S/C21H24F2N2O5/c1-28-18-11-14(4-5-17(18)30-21(22)23)6-8-24-19(26)15-3-2-9-25(12-15)20(27)16-7-10-29-13-16/h4-5,7,10-11,13,15,21H,2-3,6,8-9,12H2,1H3,(H,24,26). The molecule has 162 valence electrons. The van der Waals surface area contributed by atoms with Gasteiger partial charge >= 0.3 is 6.61 Å². The minimum Gasteiger partial charge on any atom is -0.493 e. The van der Waals surface area contributed by atoms with Gasteiger partial charge in [-0.1, -0.05) is 6.07 Å². The predicted octanol–water partition coefficient (Wildman–Crippen LogP) is 3.10. The Morgan fingerprint density at radius 1 is 1.30 bits per heavy atom. The molecule has 1 unspecified atom stereocenters. The Morgan fingerprint density at radius 2 is 2.13 bits per heavy atom. The zero-order valence-corrected chi connectivity index (χ0v) is 16.6. The van der Waals surface area contributed by atoms with E-state index < -0.39 is 6.61 Å². The number of nitrogens with one attached hydrogen (secondary N) is 1. The van der Waals surface area contributed by atoms with Gasteiger partial charge in [-0.15, -0.1) is 0 Å². The van der Waals surface area contributed by atoms with Gasteiger partial charge in [0.05, 0.1) is 24.9 Å². The Hall–Kier alpha value is -3.10. The fourth-order valence-corrected chi connectivity index (χ4v) is 3.48. The summed E-state index contributed by atoms with van der Waals surface area (Å²) in [5.74, 6) is -0.348. The van der Waals surface area contributed by atoms with Crippen molar-refractivity contribution in [1.82, 2.24) is 10.2 Å². The van der Waals surface area contributed by atoms with Crippen LogP contribution in [0.4, 0.5) is 8.78 Å². The van der Waals surface area contributed by atoms with Crippen molar-refractivity contribution < 1.29 is 32.3 Å². The number of amides is 2. The number of likely N-dealkylation sites (tertiary alicyclic amines) is 1. The van der Waals surface area contributed by atoms with E-state index in [9.17, 15) is 18.4 Å². The molecule has 30 heavy (non-hydrogen) atoms. The first-order valence-electron chi connectivity index (χ1n) is 9.69. The van der Waals surface area contributed by atoms with Gasteiger partial charge in [0.2, 0.25) is 5.91 Å². The normalized spacial score (nSPS) is 16.4. The van der Waals surface area contributed by atoms with Crippen molar-refractivity contribution in [3.63, 3.8) is 0 Å². The van der Waals surface area contributed by atoms with E-state index >= 15 is 0 Å². The average Bonchev–Trinajstić information content (AvgIpc) is 3.28. The van der Waals surface area contributed by atoms with Crippen LogP contribution in [-0.4, -0.2) is 50.1 Å². The number of alkyl halides is 2. The SMILES string of the molecule is COc1cc(CCNC(=O)C2CCCN(C(=O)c3ccoc3)C2)ccc1OC(F)F. The largest absolute Gasteiger partial charge is 0.493 e. The summed E-state index contributed by atoms with van der Waals surface area (Å²) in [6, 6.07) is 6.29. The zero-order valence-electron chi connectivity index (χ0n) is 16.6. The van der Waals surface area contributed by atoms with Crippen LogP contribution >= 0.6 is 0 Å². The van der Waals surface area contributed by atoms with E-state index in [4.69, 9.17) is 9.15 Å². The molecule has 1 atom stereocenters. The summed E-state index contributed by atoms with van der Waals surface area (Å²) in [6.07, 6.45) is 4.82. The molecule has 2 aromatic rings. The van der Waals surface area contributed by atoms with Crippen molar-refractivity contribution in [1.29, 1.82) is 0 Å². The molecule has 1 saturated heterocycles.